The van der Waals surface area contributed by atoms with Crippen molar-refractivity contribution in [2.45, 2.75) is 70.7 Å². The Kier molecular flexibility index (Phi) is 5.05. The largest absolute Gasteiger partial charge is 0.380 e. The number of hydrogen-bond donors (Lipinski definition) is 1. The maximum absolute atomic E-state index is 5.70. The molecule has 0 spiro atoms. The number of nitrogens with one attached hydrogen (secondary N) is 1. The Morgan fingerprint density at radius 1 is 1.33 bits per heavy atom. The van der Waals surface area contributed by atoms with Gasteiger partial charge in [-0.1, -0.05) is 20.8 Å². The average molecular weight is 254 g/mol. The van der Waals surface area contributed by atoms with E-state index in [0.29, 0.717) is 30.1 Å². The fraction of sp³-hybridized carbons (Fsp3) is 1.00. The standard InChI is InChI=1S/C15H30N2O/c1-5-12-9-16-13(11(2)3)10-17(12)14-7-6-8-15(14)18-4/h11-16H,5-10H2,1-4H3. The van der Waals surface area contributed by atoms with Crippen molar-refractivity contribution in [3.05, 3.63) is 0 Å². The van der Waals surface area contributed by atoms with Gasteiger partial charge in [-0.05, 0) is 31.6 Å². The van der Waals surface area contributed by atoms with Crippen molar-refractivity contribution < 1.29 is 4.74 Å². The molecule has 0 aromatic rings. The molecular formula is C15H30N2O. The lowest BCUT2D eigenvalue weighted by atomic mass is 9.96. The molecule has 0 bridgehead atoms. The van der Waals surface area contributed by atoms with Crippen molar-refractivity contribution in [1.82, 2.24) is 10.2 Å². The molecule has 3 nitrogen and oxygen atoms in total. The lowest BCUT2D eigenvalue weighted by molar-refractivity contribution is -0.00861. The lowest BCUT2D eigenvalue weighted by Gasteiger charge is -2.46. The molecular weight excluding hydrogens is 224 g/mol. The van der Waals surface area contributed by atoms with Gasteiger partial charge in [0.1, 0.15) is 0 Å². The predicted molar refractivity (Wildman–Crippen MR) is 75.8 cm³/mol. The van der Waals surface area contributed by atoms with Crippen molar-refractivity contribution in [3.63, 3.8) is 0 Å². The van der Waals surface area contributed by atoms with Gasteiger partial charge in [0.05, 0.1) is 6.10 Å². The molecule has 1 saturated carbocycles. The van der Waals surface area contributed by atoms with Crippen LogP contribution >= 0.6 is 0 Å². The van der Waals surface area contributed by atoms with E-state index in [4.69, 9.17) is 4.74 Å². The summed E-state index contributed by atoms with van der Waals surface area (Å²) < 4.78 is 5.70. The van der Waals surface area contributed by atoms with Crippen LogP contribution in [-0.2, 0) is 4.74 Å². The molecule has 2 aliphatic rings. The first-order chi connectivity index (χ1) is 8.67. The van der Waals surface area contributed by atoms with Crippen molar-refractivity contribution in [2.24, 2.45) is 5.92 Å². The van der Waals surface area contributed by atoms with E-state index in [0.717, 1.165) is 6.54 Å². The fourth-order valence-corrected chi connectivity index (χ4v) is 3.64. The van der Waals surface area contributed by atoms with Gasteiger partial charge in [-0.2, -0.15) is 0 Å². The number of nitrogens with zero attached hydrogens (tertiary/aromatic N) is 1. The number of methoxy groups -OCH3 is 1. The first-order valence-corrected chi connectivity index (χ1v) is 7.69. The Bertz CT molecular complexity index is 257. The maximum atomic E-state index is 5.70. The van der Waals surface area contributed by atoms with E-state index >= 15 is 0 Å². The molecule has 0 aromatic heterocycles. The monoisotopic (exact) mass is 254 g/mol. The summed E-state index contributed by atoms with van der Waals surface area (Å²) in [7, 11) is 1.88. The molecule has 0 radical (unpaired) electrons. The Hall–Kier alpha value is -0.120. The van der Waals surface area contributed by atoms with Gasteiger partial charge in [0.15, 0.2) is 0 Å². The summed E-state index contributed by atoms with van der Waals surface area (Å²) >= 11 is 0. The maximum Gasteiger partial charge on any atom is 0.0726 e. The van der Waals surface area contributed by atoms with Crippen molar-refractivity contribution in [2.75, 3.05) is 20.2 Å². The van der Waals surface area contributed by atoms with E-state index < -0.39 is 0 Å². The van der Waals surface area contributed by atoms with Gasteiger partial charge in [0.25, 0.3) is 0 Å². The SMILES string of the molecule is CCC1CNC(C(C)C)CN1C1CCCC1OC. The van der Waals surface area contributed by atoms with Crippen LogP contribution < -0.4 is 5.32 Å². The zero-order chi connectivity index (χ0) is 13.1. The van der Waals surface area contributed by atoms with E-state index in [-0.39, 0.29) is 0 Å². The molecule has 0 amide bonds. The summed E-state index contributed by atoms with van der Waals surface area (Å²) in [5.74, 6) is 0.715. The smallest absolute Gasteiger partial charge is 0.0726 e. The zero-order valence-corrected chi connectivity index (χ0v) is 12.5. The van der Waals surface area contributed by atoms with Gasteiger partial charge >= 0.3 is 0 Å². The molecule has 3 heteroatoms. The molecule has 1 aliphatic carbocycles. The fourth-order valence-electron chi connectivity index (χ4n) is 3.64. The third-order valence-corrected chi connectivity index (χ3v) is 4.91. The summed E-state index contributed by atoms with van der Waals surface area (Å²) in [6.45, 7) is 9.30. The topological polar surface area (TPSA) is 24.5 Å². The van der Waals surface area contributed by atoms with E-state index in [1.54, 1.807) is 0 Å². The van der Waals surface area contributed by atoms with E-state index in [1.807, 2.05) is 7.11 Å². The summed E-state index contributed by atoms with van der Waals surface area (Å²) in [5.41, 5.74) is 0. The van der Waals surface area contributed by atoms with Crippen LogP contribution in [0.3, 0.4) is 0 Å². The van der Waals surface area contributed by atoms with Crippen LogP contribution in [0.25, 0.3) is 0 Å². The van der Waals surface area contributed by atoms with E-state index in [1.165, 1.54) is 32.2 Å². The highest BCUT2D eigenvalue weighted by molar-refractivity contribution is 4.95. The van der Waals surface area contributed by atoms with Gasteiger partial charge in [-0.25, -0.2) is 0 Å². The third-order valence-electron chi connectivity index (χ3n) is 4.91. The first kappa shape index (κ1) is 14.3. The number of ether oxygens (including phenoxy) is 1. The highest BCUT2D eigenvalue weighted by Gasteiger charge is 2.38. The van der Waals surface area contributed by atoms with Crippen LogP contribution in [0.1, 0.15) is 46.5 Å². The molecule has 2 fully saturated rings. The first-order valence-electron chi connectivity index (χ1n) is 7.69. The molecule has 0 aromatic carbocycles. The Labute approximate surface area is 112 Å². The van der Waals surface area contributed by atoms with Gasteiger partial charge in [-0.15, -0.1) is 0 Å². The number of hydrogen-bond acceptors (Lipinski definition) is 3. The van der Waals surface area contributed by atoms with Gasteiger partial charge in [0.2, 0.25) is 0 Å². The summed E-state index contributed by atoms with van der Waals surface area (Å²) in [6.07, 6.45) is 5.60. The highest BCUT2D eigenvalue weighted by Crippen LogP contribution is 2.30. The molecule has 106 valence electrons. The molecule has 18 heavy (non-hydrogen) atoms. The van der Waals surface area contributed by atoms with Crippen LogP contribution in [0.5, 0.6) is 0 Å². The normalized spacial score (nSPS) is 38.5. The lowest BCUT2D eigenvalue weighted by Crippen LogP contribution is -2.61. The minimum absolute atomic E-state index is 0.463. The molecule has 1 saturated heterocycles. The van der Waals surface area contributed by atoms with Crippen molar-refractivity contribution in [3.8, 4) is 0 Å². The Balaban J connectivity index is 2.05. The van der Waals surface area contributed by atoms with Crippen molar-refractivity contribution >= 4 is 0 Å². The average Bonchev–Trinajstić information content (AvgIpc) is 2.85. The van der Waals surface area contributed by atoms with Gasteiger partial charge < -0.3 is 10.1 Å². The van der Waals surface area contributed by atoms with Gasteiger partial charge in [-0.3, -0.25) is 4.90 Å². The highest BCUT2D eigenvalue weighted by atomic mass is 16.5. The second-order valence-corrected chi connectivity index (χ2v) is 6.29. The van der Waals surface area contributed by atoms with Crippen LogP contribution in [0, 0.1) is 5.92 Å². The van der Waals surface area contributed by atoms with E-state index in [9.17, 15) is 0 Å². The number of piperazine rings is 1. The van der Waals surface area contributed by atoms with E-state index in [2.05, 4.69) is 31.0 Å². The van der Waals surface area contributed by atoms with Crippen molar-refractivity contribution in [1.29, 1.82) is 0 Å². The van der Waals surface area contributed by atoms with Crippen LogP contribution in [-0.4, -0.2) is 49.3 Å². The molecule has 1 aliphatic heterocycles. The number of rotatable bonds is 4. The van der Waals surface area contributed by atoms with Gasteiger partial charge in [0, 0.05) is 38.3 Å². The Morgan fingerprint density at radius 3 is 2.72 bits per heavy atom. The molecule has 1 N–H and O–H groups in total. The van der Waals surface area contributed by atoms with Crippen LogP contribution in [0.15, 0.2) is 0 Å². The predicted octanol–water partition coefficient (Wildman–Crippen LogP) is 2.26. The second-order valence-electron chi connectivity index (χ2n) is 6.29. The summed E-state index contributed by atoms with van der Waals surface area (Å²) in [6, 6.07) is 2.00. The minimum atomic E-state index is 0.463. The molecule has 4 atom stereocenters. The zero-order valence-electron chi connectivity index (χ0n) is 12.5. The van der Waals surface area contributed by atoms with Crippen LogP contribution in [0.2, 0.25) is 0 Å². The molecule has 4 unspecified atom stereocenters. The molecule has 1 heterocycles. The third kappa shape index (κ3) is 2.89. The summed E-state index contributed by atoms with van der Waals surface area (Å²) in [5, 5.41) is 3.72. The quantitative estimate of drug-likeness (QED) is 0.833. The Morgan fingerprint density at radius 2 is 2.11 bits per heavy atom. The molecule has 2 rings (SSSR count). The minimum Gasteiger partial charge on any atom is -0.380 e. The summed E-state index contributed by atoms with van der Waals surface area (Å²) in [4.78, 5) is 2.75. The second kappa shape index (κ2) is 6.36. The van der Waals surface area contributed by atoms with Crippen LogP contribution in [0.4, 0.5) is 0 Å².